The van der Waals surface area contributed by atoms with Gasteiger partial charge >= 0.3 is 0 Å². The number of hydrogen-bond donors (Lipinski definition) is 1. The summed E-state index contributed by atoms with van der Waals surface area (Å²) in [7, 11) is 0. The van der Waals surface area contributed by atoms with Crippen LogP contribution < -0.4 is 4.90 Å². The number of carbonyl (C=O) groups is 1. The molecule has 0 atom stereocenters. The Morgan fingerprint density at radius 1 is 1.14 bits per heavy atom. The third-order valence-electron chi connectivity index (χ3n) is 3.12. The summed E-state index contributed by atoms with van der Waals surface area (Å²) in [4.78, 5) is 22.9. The van der Waals surface area contributed by atoms with Crippen molar-refractivity contribution in [3.05, 3.63) is 58.6 Å². The lowest BCUT2D eigenvalue weighted by Gasteiger charge is -2.14. The second kappa shape index (κ2) is 5.04. The molecule has 104 valence electrons. The first-order valence-corrected chi connectivity index (χ1v) is 6.13. The monoisotopic (exact) mass is 282 g/mol. The van der Waals surface area contributed by atoms with Gasteiger partial charge in [0.25, 0.3) is 5.69 Å². The van der Waals surface area contributed by atoms with Crippen LogP contribution in [0.5, 0.6) is 0 Å². The zero-order chi connectivity index (χ0) is 14.8. The van der Waals surface area contributed by atoms with Crippen LogP contribution in [0.4, 0.5) is 17.2 Å². The van der Waals surface area contributed by atoms with Crippen LogP contribution in [0.25, 0.3) is 10.9 Å². The molecule has 3 aromatic rings. The first-order chi connectivity index (χ1) is 10.2. The van der Waals surface area contributed by atoms with Gasteiger partial charge in [-0.1, -0.05) is 12.1 Å². The Kier molecular flexibility index (Phi) is 3.07. The number of non-ortho nitro benzene ring substituents is 1. The van der Waals surface area contributed by atoms with E-state index in [0.29, 0.717) is 17.9 Å². The van der Waals surface area contributed by atoms with Crippen LogP contribution in [0.15, 0.2) is 48.5 Å². The molecule has 1 N–H and O–H groups in total. The summed E-state index contributed by atoms with van der Waals surface area (Å²) < 4.78 is 0. The Morgan fingerprint density at radius 3 is 2.52 bits per heavy atom. The van der Waals surface area contributed by atoms with E-state index in [-0.39, 0.29) is 5.69 Å². The van der Waals surface area contributed by atoms with Crippen molar-refractivity contribution in [2.24, 2.45) is 0 Å². The number of benzene rings is 2. The van der Waals surface area contributed by atoms with Crippen LogP contribution in [0.2, 0.25) is 0 Å². The lowest BCUT2D eigenvalue weighted by Crippen LogP contribution is -2.14. The van der Waals surface area contributed by atoms with Crippen molar-refractivity contribution in [2.75, 3.05) is 4.90 Å². The summed E-state index contributed by atoms with van der Waals surface area (Å²) in [6.45, 7) is 0. The highest BCUT2D eigenvalue weighted by molar-refractivity contribution is 5.99. The number of carbonyl (C=O) groups excluding carboxylic acids is 1. The molecule has 3 rings (SSSR count). The van der Waals surface area contributed by atoms with Crippen LogP contribution in [0, 0.1) is 10.1 Å². The highest BCUT2D eigenvalue weighted by Crippen LogP contribution is 2.29. The summed E-state index contributed by atoms with van der Waals surface area (Å²) in [5.41, 5.74) is 1.28. The van der Waals surface area contributed by atoms with Gasteiger partial charge in [0.05, 0.1) is 16.1 Å². The van der Waals surface area contributed by atoms with Gasteiger partial charge in [-0.2, -0.15) is 5.10 Å². The Hall–Kier alpha value is -3.22. The summed E-state index contributed by atoms with van der Waals surface area (Å²) >= 11 is 0. The SMILES string of the molecule is O=CN(c1ccc([N+](=O)[O-])cc1)c1n[nH]c2ccccc12. The van der Waals surface area contributed by atoms with Crippen molar-refractivity contribution in [3.8, 4) is 0 Å². The number of nitro groups is 1. The van der Waals surface area contributed by atoms with Gasteiger partial charge < -0.3 is 0 Å². The molecule has 7 heteroatoms. The number of aromatic nitrogens is 2. The quantitative estimate of drug-likeness (QED) is 0.452. The molecule has 0 aliphatic heterocycles. The van der Waals surface area contributed by atoms with Gasteiger partial charge in [-0.05, 0) is 24.3 Å². The molecule has 0 saturated heterocycles. The molecule has 0 spiro atoms. The first-order valence-electron chi connectivity index (χ1n) is 6.13. The maximum absolute atomic E-state index is 11.4. The molecule has 0 aliphatic rings. The largest absolute Gasteiger partial charge is 0.278 e. The van der Waals surface area contributed by atoms with Crippen molar-refractivity contribution < 1.29 is 9.72 Å². The van der Waals surface area contributed by atoms with Gasteiger partial charge in [0, 0.05) is 17.5 Å². The van der Waals surface area contributed by atoms with Gasteiger partial charge in [-0.3, -0.25) is 24.9 Å². The van der Waals surface area contributed by atoms with Gasteiger partial charge in [0.2, 0.25) is 6.41 Å². The van der Waals surface area contributed by atoms with Gasteiger partial charge in [0.15, 0.2) is 5.82 Å². The fourth-order valence-electron chi connectivity index (χ4n) is 2.10. The van der Waals surface area contributed by atoms with Crippen LogP contribution in [-0.4, -0.2) is 21.5 Å². The molecule has 0 radical (unpaired) electrons. The molecule has 1 aromatic heterocycles. The van der Waals surface area contributed by atoms with E-state index in [0.717, 1.165) is 10.9 Å². The summed E-state index contributed by atoms with van der Waals surface area (Å²) in [6.07, 6.45) is 0.629. The van der Waals surface area contributed by atoms with E-state index in [4.69, 9.17) is 0 Å². The number of nitrogens with zero attached hydrogens (tertiary/aromatic N) is 3. The predicted octanol–water partition coefficient (Wildman–Crippen LogP) is 2.77. The second-order valence-corrected chi connectivity index (χ2v) is 4.34. The number of nitrogens with one attached hydrogen (secondary N) is 1. The van der Waals surface area contributed by atoms with E-state index in [1.165, 1.54) is 29.2 Å². The lowest BCUT2D eigenvalue weighted by molar-refractivity contribution is -0.384. The standard InChI is InChI=1S/C14H10N4O3/c19-9-17(10-5-7-11(8-6-10)18(20)21)14-12-3-1-2-4-13(12)15-16-14/h1-9H,(H,15,16). The van der Waals surface area contributed by atoms with Crippen LogP contribution >= 0.6 is 0 Å². The molecular formula is C14H10N4O3. The second-order valence-electron chi connectivity index (χ2n) is 4.34. The van der Waals surface area contributed by atoms with E-state index in [1.54, 1.807) is 0 Å². The molecule has 1 amide bonds. The Balaban J connectivity index is 2.05. The van der Waals surface area contributed by atoms with E-state index in [1.807, 2.05) is 24.3 Å². The minimum Gasteiger partial charge on any atom is -0.278 e. The van der Waals surface area contributed by atoms with Crippen molar-refractivity contribution >= 4 is 34.5 Å². The average Bonchev–Trinajstić information content (AvgIpc) is 2.93. The smallest absolute Gasteiger partial charge is 0.269 e. The number of amides is 1. The topological polar surface area (TPSA) is 92.1 Å². The number of hydrogen-bond acceptors (Lipinski definition) is 4. The van der Waals surface area contributed by atoms with E-state index < -0.39 is 4.92 Å². The number of fused-ring (bicyclic) bond motifs is 1. The molecular weight excluding hydrogens is 272 g/mol. The van der Waals surface area contributed by atoms with Crippen molar-refractivity contribution in [2.45, 2.75) is 0 Å². The van der Waals surface area contributed by atoms with Gasteiger partial charge in [0.1, 0.15) is 0 Å². The summed E-state index contributed by atoms with van der Waals surface area (Å²) in [6, 6.07) is 13.1. The maximum Gasteiger partial charge on any atom is 0.269 e. The third-order valence-corrected chi connectivity index (χ3v) is 3.12. The molecule has 2 aromatic carbocycles. The highest BCUT2D eigenvalue weighted by atomic mass is 16.6. The number of nitro benzene ring substituents is 1. The van der Waals surface area contributed by atoms with E-state index in [2.05, 4.69) is 10.2 Å². The fraction of sp³-hybridized carbons (Fsp3) is 0. The molecule has 0 aliphatic carbocycles. The zero-order valence-corrected chi connectivity index (χ0v) is 10.8. The number of para-hydroxylation sites is 1. The van der Waals surface area contributed by atoms with E-state index >= 15 is 0 Å². The molecule has 7 nitrogen and oxygen atoms in total. The maximum atomic E-state index is 11.4. The minimum atomic E-state index is -0.487. The van der Waals surface area contributed by atoms with Crippen molar-refractivity contribution in [3.63, 3.8) is 0 Å². The zero-order valence-electron chi connectivity index (χ0n) is 10.8. The van der Waals surface area contributed by atoms with Gasteiger partial charge in [-0.15, -0.1) is 0 Å². The van der Waals surface area contributed by atoms with Gasteiger partial charge in [-0.25, -0.2) is 0 Å². The molecule has 0 bridgehead atoms. The minimum absolute atomic E-state index is 0.0310. The summed E-state index contributed by atoms with van der Waals surface area (Å²) in [5, 5.41) is 18.4. The Morgan fingerprint density at radius 2 is 1.86 bits per heavy atom. The molecule has 0 fully saturated rings. The van der Waals surface area contributed by atoms with Crippen molar-refractivity contribution in [1.29, 1.82) is 0 Å². The van der Waals surface area contributed by atoms with Crippen molar-refractivity contribution in [1.82, 2.24) is 10.2 Å². The molecule has 21 heavy (non-hydrogen) atoms. The molecule has 0 unspecified atom stereocenters. The number of H-pyrrole nitrogens is 1. The first kappa shape index (κ1) is 12.8. The molecule has 0 saturated carbocycles. The number of anilines is 2. The third kappa shape index (κ3) is 2.20. The van der Waals surface area contributed by atoms with Crippen LogP contribution in [0.3, 0.4) is 0 Å². The normalized spacial score (nSPS) is 10.5. The van der Waals surface area contributed by atoms with Crippen LogP contribution in [0.1, 0.15) is 0 Å². The average molecular weight is 282 g/mol. The van der Waals surface area contributed by atoms with Crippen LogP contribution in [-0.2, 0) is 4.79 Å². The summed E-state index contributed by atoms with van der Waals surface area (Å²) in [5.74, 6) is 0.453. The lowest BCUT2D eigenvalue weighted by atomic mass is 10.2. The highest BCUT2D eigenvalue weighted by Gasteiger charge is 2.16. The predicted molar refractivity (Wildman–Crippen MR) is 77.4 cm³/mol. The number of rotatable bonds is 4. The van der Waals surface area contributed by atoms with E-state index in [9.17, 15) is 14.9 Å². The number of aromatic amines is 1. The Bertz CT molecular complexity index is 810. The molecule has 1 heterocycles. The fourth-order valence-corrected chi connectivity index (χ4v) is 2.10. The Labute approximate surface area is 119 Å².